The fourth-order valence-corrected chi connectivity index (χ4v) is 0. The Morgan fingerprint density at radius 1 is 0.394 bits per heavy atom. The molecule has 33 heavy (non-hydrogen) atoms. The summed E-state index contributed by atoms with van der Waals surface area (Å²) in [5.74, 6) is 0. The SMILES string of the molecule is CC(C)(C)O.CC(C)(C)O.CC(C)(C)O.CC(C)(C)O.[O]=[Ti][O-].[O]=[Ti][O-].[O]=[Ti][O-].[O]=[Ti][O-].[Ti+4]. The minimum atomic E-state index is -2.00. The zero-order valence-electron chi connectivity index (χ0n) is 21.6. The summed E-state index contributed by atoms with van der Waals surface area (Å²) < 4.78 is 68.0. The van der Waals surface area contributed by atoms with Gasteiger partial charge >= 0.3 is 128 Å². The zero-order chi connectivity index (χ0) is 28.8. The van der Waals surface area contributed by atoms with Gasteiger partial charge in [-0.2, -0.15) is 0 Å². The van der Waals surface area contributed by atoms with Crippen molar-refractivity contribution in [1.82, 2.24) is 0 Å². The molecule has 0 aromatic carbocycles. The second-order valence-electron chi connectivity index (χ2n) is 9.02. The monoisotopic (exact) mass is 664 g/mol. The van der Waals surface area contributed by atoms with Crippen molar-refractivity contribution >= 4 is 0 Å². The molecule has 0 heterocycles. The molecule has 17 heteroatoms. The predicted molar refractivity (Wildman–Crippen MR) is 90.6 cm³/mol. The Kier molecular flexibility index (Phi) is 75.8. The van der Waals surface area contributed by atoms with Crippen LogP contribution in [0.25, 0.3) is 0 Å². The van der Waals surface area contributed by atoms with E-state index in [0.29, 0.717) is 0 Å². The van der Waals surface area contributed by atoms with Crippen molar-refractivity contribution in [3.63, 3.8) is 0 Å². The Balaban J connectivity index is -0.0000000287. The third-order valence-corrected chi connectivity index (χ3v) is 0. The van der Waals surface area contributed by atoms with E-state index < -0.39 is 100 Å². The Hall–Kier alpha value is 2.45. The van der Waals surface area contributed by atoms with Crippen LogP contribution < -0.4 is 14.8 Å². The summed E-state index contributed by atoms with van der Waals surface area (Å²) in [5, 5.41) is 34.1. The quantitative estimate of drug-likeness (QED) is 0.203. The van der Waals surface area contributed by atoms with Crippen molar-refractivity contribution in [2.24, 2.45) is 0 Å². The number of aliphatic hydroxyl groups is 4. The molecule has 0 rings (SSSR count). The molecule has 0 aliphatic rings. The second-order valence-corrected chi connectivity index (χ2v) is 10.1. The fraction of sp³-hybridized carbons (Fsp3) is 1.00. The fourth-order valence-electron chi connectivity index (χ4n) is 0. The van der Waals surface area contributed by atoms with Crippen LogP contribution in [0.3, 0.4) is 0 Å². The average Bonchev–Trinajstić information content (AvgIpc) is 2.32. The van der Waals surface area contributed by atoms with Gasteiger partial charge in [-0.1, -0.05) is 0 Å². The van der Waals surface area contributed by atoms with Crippen LogP contribution in [0.2, 0.25) is 0 Å². The minimum Gasteiger partial charge on any atom is 4.00 e. The number of hydrogen-bond donors (Lipinski definition) is 4. The van der Waals surface area contributed by atoms with Gasteiger partial charge in [-0.25, -0.2) is 0 Å². The van der Waals surface area contributed by atoms with E-state index in [1.807, 2.05) is 0 Å². The van der Waals surface area contributed by atoms with Crippen LogP contribution in [0.1, 0.15) is 83.1 Å². The molecular weight excluding hydrogens is 623 g/mol. The maximum absolute atomic E-state index is 8.52. The number of rotatable bonds is 0. The molecule has 0 aliphatic carbocycles. The van der Waals surface area contributed by atoms with Crippen molar-refractivity contribution < 1.29 is 148 Å². The first-order valence-corrected chi connectivity index (χ1v) is 13.6. The Labute approximate surface area is 251 Å². The molecule has 196 valence electrons. The van der Waals surface area contributed by atoms with Crippen LogP contribution in [-0.2, 0) is 113 Å². The maximum atomic E-state index is 8.52. The first kappa shape index (κ1) is 60.1. The third kappa shape index (κ3) is 6040. The van der Waals surface area contributed by atoms with E-state index in [4.69, 9.17) is 48.5 Å². The largest absolute Gasteiger partial charge is 4.00 e. The smallest absolute Gasteiger partial charge is 4.00 e. The first-order chi connectivity index (χ1) is 13.7. The molecule has 12 nitrogen and oxygen atoms in total. The van der Waals surface area contributed by atoms with Gasteiger partial charge in [0.15, 0.2) is 0 Å². The van der Waals surface area contributed by atoms with Crippen LogP contribution in [0, 0.1) is 0 Å². The molecule has 0 unspecified atom stereocenters. The molecular formula is C16H40O12Ti5. The van der Waals surface area contributed by atoms with E-state index in [1.54, 1.807) is 83.1 Å². The zero-order valence-corrected chi connectivity index (χ0v) is 29.4. The normalized spacial score (nSPS) is 8.36. The van der Waals surface area contributed by atoms with E-state index in [-0.39, 0.29) is 21.7 Å². The van der Waals surface area contributed by atoms with E-state index in [2.05, 4.69) is 0 Å². The molecule has 0 aromatic rings. The summed E-state index contributed by atoms with van der Waals surface area (Å²) in [6, 6.07) is 0. The Morgan fingerprint density at radius 3 is 0.394 bits per heavy atom. The Bertz CT molecular complexity index is 278. The van der Waals surface area contributed by atoms with Crippen LogP contribution >= 0.6 is 0 Å². The molecule has 0 saturated heterocycles. The van der Waals surface area contributed by atoms with Gasteiger partial charge in [0.1, 0.15) is 0 Å². The van der Waals surface area contributed by atoms with Gasteiger partial charge in [0.05, 0.1) is 22.4 Å². The van der Waals surface area contributed by atoms with Crippen molar-refractivity contribution in [1.29, 1.82) is 0 Å². The molecule has 0 radical (unpaired) electrons. The van der Waals surface area contributed by atoms with Crippen LogP contribution in [-0.4, -0.2) is 42.8 Å². The van der Waals surface area contributed by atoms with Gasteiger partial charge in [0.25, 0.3) is 0 Å². The van der Waals surface area contributed by atoms with E-state index >= 15 is 0 Å². The predicted octanol–water partition coefficient (Wildman–Crippen LogP) is -2.13. The third-order valence-electron chi connectivity index (χ3n) is 0. The summed E-state index contributed by atoms with van der Waals surface area (Å²) in [7, 11) is 0. The van der Waals surface area contributed by atoms with Gasteiger partial charge in [0, 0.05) is 0 Å². The summed E-state index contributed by atoms with van der Waals surface area (Å²) in [6.07, 6.45) is 0. The van der Waals surface area contributed by atoms with Gasteiger partial charge < -0.3 is 20.4 Å². The molecule has 0 aromatic heterocycles. The molecule has 0 bridgehead atoms. The van der Waals surface area contributed by atoms with E-state index in [9.17, 15) is 0 Å². The molecule has 0 amide bonds. The molecule has 0 saturated carbocycles. The molecule has 0 atom stereocenters. The Morgan fingerprint density at radius 2 is 0.394 bits per heavy atom. The summed E-state index contributed by atoms with van der Waals surface area (Å²) >= 11 is -8.00. The van der Waals surface area contributed by atoms with E-state index in [1.165, 1.54) is 0 Å². The summed E-state index contributed by atoms with van der Waals surface area (Å²) in [4.78, 5) is 0. The van der Waals surface area contributed by atoms with Crippen molar-refractivity contribution in [2.45, 2.75) is 105 Å². The van der Waals surface area contributed by atoms with Gasteiger partial charge in [-0.15, -0.1) is 0 Å². The van der Waals surface area contributed by atoms with Crippen LogP contribution in [0.5, 0.6) is 0 Å². The first-order valence-electron chi connectivity index (χ1n) is 8.53. The molecule has 0 spiro atoms. The number of hydrogen-bond acceptors (Lipinski definition) is 12. The standard InChI is InChI=1S/4C4H10O.8O.5Ti/c4*1-4(2,3)5;;;;;;;;;;;;;/h4*5H,1-3H3;;;;;;;;;;;;;/q;;;;;;;;4*-1;;;;;+4. The van der Waals surface area contributed by atoms with Gasteiger partial charge in [-0.05, 0) is 83.1 Å². The second kappa shape index (κ2) is 41.6. The average molecular weight is 664 g/mol. The van der Waals surface area contributed by atoms with Gasteiger partial charge in [-0.3, -0.25) is 0 Å². The molecule has 0 fully saturated rings. The van der Waals surface area contributed by atoms with Crippen LogP contribution in [0.4, 0.5) is 0 Å². The molecule has 4 N–H and O–H groups in total. The van der Waals surface area contributed by atoms with Crippen molar-refractivity contribution in [3.8, 4) is 0 Å². The minimum absolute atomic E-state index is 0. The summed E-state index contributed by atoms with van der Waals surface area (Å²) in [5.41, 5.74) is -2.00. The maximum Gasteiger partial charge on any atom is 4.00 e. The van der Waals surface area contributed by atoms with E-state index in [0.717, 1.165) is 0 Å². The van der Waals surface area contributed by atoms with Crippen molar-refractivity contribution in [2.75, 3.05) is 0 Å². The summed E-state index contributed by atoms with van der Waals surface area (Å²) in [6.45, 7) is 20.9. The molecule has 0 aliphatic heterocycles. The van der Waals surface area contributed by atoms with Crippen molar-refractivity contribution in [3.05, 3.63) is 0 Å². The van der Waals surface area contributed by atoms with Gasteiger partial charge in [0.2, 0.25) is 0 Å². The van der Waals surface area contributed by atoms with Crippen LogP contribution in [0.15, 0.2) is 0 Å². The topological polar surface area (TPSA) is 241 Å².